The van der Waals surface area contributed by atoms with Gasteiger partial charge in [-0.05, 0) is 38.0 Å². The minimum Gasteiger partial charge on any atom is -0.308 e. The van der Waals surface area contributed by atoms with E-state index in [9.17, 15) is 0 Å². The van der Waals surface area contributed by atoms with Crippen molar-refractivity contribution >= 4 is 11.6 Å². The van der Waals surface area contributed by atoms with Gasteiger partial charge >= 0.3 is 0 Å². The summed E-state index contributed by atoms with van der Waals surface area (Å²) in [4.78, 5) is 0. The van der Waals surface area contributed by atoms with Crippen molar-refractivity contribution in [3.8, 4) is 0 Å². The molecule has 0 spiro atoms. The van der Waals surface area contributed by atoms with Gasteiger partial charge in [-0.2, -0.15) is 0 Å². The predicted molar refractivity (Wildman–Crippen MR) is 76.6 cm³/mol. The van der Waals surface area contributed by atoms with Crippen molar-refractivity contribution < 1.29 is 0 Å². The van der Waals surface area contributed by atoms with Gasteiger partial charge < -0.3 is 5.32 Å². The molecule has 0 aliphatic heterocycles. The number of hydrogen-bond donors (Lipinski definition) is 1. The van der Waals surface area contributed by atoms with Crippen LogP contribution in [-0.4, -0.2) is 6.04 Å². The van der Waals surface area contributed by atoms with Crippen LogP contribution >= 0.6 is 11.6 Å². The number of benzene rings is 1. The van der Waals surface area contributed by atoms with Gasteiger partial charge in [0.2, 0.25) is 0 Å². The van der Waals surface area contributed by atoms with Crippen LogP contribution < -0.4 is 5.32 Å². The van der Waals surface area contributed by atoms with Crippen LogP contribution in [0.1, 0.15) is 58.1 Å². The van der Waals surface area contributed by atoms with Crippen molar-refractivity contribution in [3.63, 3.8) is 0 Å². The minimum atomic E-state index is 0.392. The maximum atomic E-state index is 5.89. The van der Waals surface area contributed by atoms with Crippen LogP contribution in [0.4, 0.5) is 0 Å². The molecule has 1 N–H and O–H groups in total. The zero-order valence-electron chi connectivity index (χ0n) is 11.2. The molecule has 0 fully saturated rings. The first-order chi connectivity index (χ1) is 8.13. The van der Waals surface area contributed by atoms with Crippen LogP contribution in [0.3, 0.4) is 0 Å². The summed E-state index contributed by atoms with van der Waals surface area (Å²) in [7, 11) is 0. The predicted octanol–water partition coefficient (Wildman–Crippen LogP) is 4.96. The summed E-state index contributed by atoms with van der Waals surface area (Å²) in [5, 5.41) is 4.43. The second kappa shape index (κ2) is 7.73. The number of nitrogens with one attached hydrogen (secondary N) is 1. The molecule has 2 heteroatoms. The molecule has 0 amide bonds. The highest BCUT2D eigenvalue weighted by molar-refractivity contribution is 6.30. The number of unbranched alkanes of at least 4 members (excludes halogenated alkanes) is 2. The van der Waals surface area contributed by atoms with Gasteiger partial charge in [-0.15, -0.1) is 0 Å². The molecule has 96 valence electrons. The minimum absolute atomic E-state index is 0.392. The van der Waals surface area contributed by atoms with E-state index in [0.717, 1.165) is 5.02 Å². The monoisotopic (exact) mass is 253 g/mol. The van der Waals surface area contributed by atoms with Crippen LogP contribution in [0.25, 0.3) is 0 Å². The van der Waals surface area contributed by atoms with Gasteiger partial charge in [0.15, 0.2) is 0 Å². The van der Waals surface area contributed by atoms with Crippen LogP contribution in [0.5, 0.6) is 0 Å². The fraction of sp³-hybridized carbons (Fsp3) is 0.600. The number of rotatable bonds is 7. The molecule has 1 nitrogen and oxygen atoms in total. The Labute approximate surface area is 111 Å². The molecule has 0 saturated carbocycles. The Morgan fingerprint density at radius 1 is 1.12 bits per heavy atom. The Morgan fingerprint density at radius 3 is 2.35 bits per heavy atom. The molecule has 1 aromatic carbocycles. The van der Waals surface area contributed by atoms with Crippen LogP contribution in [-0.2, 0) is 0 Å². The third-order valence-electron chi connectivity index (χ3n) is 3.15. The Hall–Kier alpha value is -0.530. The molecule has 0 saturated heterocycles. The number of halogens is 1. The summed E-state index contributed by atoms with van der Waals surface area (Å²) in [6, 6.07) is 9.07. The summed E-state index contributed by atoms with van der Waals surface area (Å²) in [6.45, 7) is 6.72. The van der Waals surface area contributed by atoms with E-state index in [1.165, 1.54) is 31.2 Å². The molecule has 0 aromatic heterocycles. The Kier molecular flexibility index (Phi) is 6.61. The van der Waals surface area contributed by atoms with E-state index in [0.29, 0.717) is 12.1 Å². The highest BCUT2D eigenvalue weighted by Crippen LogP contribution is 2.17. The van der Waals surface area contributed by atoms with Crippen LogP contribution in [0.15, 0.2) is 24.3 Å². The van der Waals surface area contributed by atoms with Crippen molar-refractivity contribution in [1.29, 1.82) is 0 Å². The molecule has 0 bridgehead atoms. The quantitative estimate of drug-likeness (QED) is 0.678. The first-order valence-electron chi connectivity index (χ1n) is 6.65. The molecule has 0 radical (unpaired) electrons. The summed E-state index contributed by atoms with van der Waals surface area (Å²) in [5.41, 5.74) is 1.30. The fourth-order valence-electron chi connectivity index (χ4n) is 2.06. The fourth-order valence-corrected chi connectivity index (χ4v) is 2.18. The van der Waals surface area contributed by atoms with Crippen molar-refractivity contribution in [2.75, 3.05) is 0 Å². The summed E-state index contributed by atoms with van der Waals surface area (Å²) >= 11 is 5.89. The van der Waals surface area contributed by atoms with Gasteiger partial charge in [0.05, 0.1) is 0 Å². The Morgan fingerprint density at radius 2 is 1.76 bits per heavy atom. The molecule has 1 rings (SSSR count). The van der Waals surface area contributed by atoms with E-state index in [-0.39, 0.29) is 0 Å². The smallest absolute Gasteiger partial charge is 0.0406 e. The van der Waals surface area contributed by atoms with Crippen LogP contribution in [0.2, 0.25) is 5.02 Å². The molecular formula is C15H24ClN. The Bertz CT molecular complexity index is 307. The summed E-state index contributed by atoms with van der Waals surface area (Å²) < 4.78 is 0. The van der Waals surface area contributed by atoms with Crippen LogP contribution in [0, 0.1) is 0 Å². The lowest BCUT2D eigenvalue weighted by Gasteiger charge is -2.20. The highest BCUT2D eigenvalue weighted by Gasteiger charge is 2.08. The molecule has 2 unspecified atom stereocenters. The van der Waals surface area contributed by atoms with E-state index in [4.69, 9.17) is 11.6 Å². The average Bonchev–Trinajstić information content (AvgIpc) is 2.30. The van der Waals surface area contributed by atoms with Gasteiger partial charge in [0, 0.05) is 17.1 Å². The largest absolute Gasteiger partial charge is 0.308 e. The molecular weight excluding hydrogens is 230 g/mol. The molecule has 0 aliphatic rings. The van der Waals surface area contributed by atoms with Crippen molar-refractivity contribution in [2.45, 2.75) is 58.5 Å². The zero-order valence-corrected chi connectivity index (χ0v) is 11.9. The van der Waals surface area contributed by atoms with E-state index in [1.54, 1.807) is 0 Å². The maximum absolute atomic E-state index is 5.89. The summed E-state index contributed by atoms with van der Waals surface area (Å²) in [5.74, 6) is 0. The maximum Gasteiger partial charge on any atom is 0.0406 e. The van der Waals surface area contributed by atoms with E-state index in [1.807, 2.05) is 12.1 Å². The van der Waals surface area contributed by atoms with Crippen molar-refractivity contribution in [3.05, 3.63) is 34.9 Å². The molecule has 1 aromatic rings. The lowest BCUT2D eigenvalue weighted by atomic mass is 10.1. The Balaban J connectivity index is 2.37. The first-order valence-corrected chi connectivity index (χ1v) is 7.02. The normalized spacial score (nSPS) is 14.6. The zero-order chi connectivity index (χ0) is 12.7. The molecule has 0 heterocycles. The van der Waals surface area contributed by atoms with E-state index in [2.05, 4.69) is 38.2 Å². The molecule has 17 heavy (non-hydrogen) atoms. The lowest BCUT2D eigenvalue weighted by Crippen LogP contribution is -2.28. The topological polar surface area (TPSA) is 12.0 Å². The molecule has 2 atom stereocenters. The van der Waals surface area contributed by atoms with E-state index < -0.39 is 0 Å². The standard InChI is InChI=1S/C15H24ClN/c1-4-5-6-7-12(2)17-13(3)14-8-10-15(16)11-9-14/h8-13,17H,4-7H2,1-3H3. The third-order valence-corrected chi connectivity index (χ3v) is 3.40. The van der Waals surface area contributed by atoms with Gasteiger partial charge in [0.1, 0.15) is 0 Å². The summed E-state index contributed by atoms with van der Waals surface area (Å²) in [6.07, 6.45) is 5.20. The third kappa shape index (κ3) is 5.56. The number of hydrogen-bond acceptors (Lipinski definition) is 1. The van der Waals surface area contributed by atoms with Crippen molar-refractivity contribution in [2.24, 2.45) is 0 Å². The van der Waals surface area contributed by atoms with Crippen molar-refractivity contribution in [1.82, 2.24) is 5.32 Å². The molecule has 0 aliphatic carbocycles. The highest BCUT2D eigenvalue weighted by atomic mass is 35.5. The van der Waals surface area contributed by atoms with Gasteiger partial charge in [-0.1, -0.05) is 49.9 Å². The van der Waals surface area contributed by atoms with E-state index >= 15 is 0 Å². The lowest BCUT2D eigenvalue weighted by molar-refractivity contribution is 0.440. The van der Waals surface area contributed by atoms with Gasteiger partial charge in [-0.25, -0.2) is 0 Å². The second-order valence-corrected chi connectivity index (χ2v) is 5.27. The van der Waals surface area contributed by atoms with Gasteiger partial charge in [0.25, 0.3) is 0 Å². The second-order valence-electron chi connectivity index (χ2n) is 4.84. The first kappa shape index (κ1) is 14.5. The SMILES string of the molecule is CCCCCC(C)NC(C)c1ccc(Cl)cc1. The van der Waals surface area contributed by atoms with Gasteiger partial charge in [-0.3, -0.25) is 0 Å². The average molecular weight is 254 g/mol.